The molecule has 0 aromatic rings. The van der Waals surface area contributed by atoms with Crippen LogP contribution in [0.25, 0.3) is 0 Å². The van der Waals surface area contributed by atoms with E-state index >= 15 is 0 Å². The summed E-state index contributed by atoms with van der Waals surface area (Å²) in [4.78, 5) is 12.8. The summed E-state index contributed by atoms with van der Waals surface area (Å²) in [7, 11) is 0. The lowest BCUT2D eigenvalue weighted by Gasteiger charge is -2.30. The molecule has 1 saturated heterocycles. The number of rotatable bonds is 6. The van der Waals surface area contributed by atoms with Gasteiger partial charge in [-0.3, -0.25) is 9.69 Å². The van der Waals surface area contributed by atoms with Gasteiger partial charge in [-0.2, -0.15) is 0 Å². The molecule has 5 heteroatoms. The van der Waals surface area contributed by atoms with Crippen molar-refractivity contribution >= 4 is 5.91 Å². The number of carbonyl (C=O) groups excluding carboxylic acids is 1. The van der Waals surface area contributed by atoms with Crippen LogP contribution in [0.3, 0.4) is 0 Å². The second kappa shape index (κ2) is 6.76. The van der Waals surface area contributed by atoms with Gasteiger partial charge in [0.15, 0.2) is 0 Å². The van der Waals surface area contributed by atoms with Gasteiger partial charge in [-0.25, -0.2) is 0 Å². The predicted octanol–water partition coefficient (Wildman–Crippen LogP) is -0.698. The molecule has 0 atom stereocenters. The van der Waals surface area contributed by atoms with E-state index in [0.717, 1.165) is 39.0 Å². The van der Waals surface area contributed by atoms with Crippen LogP contribution in [0.1, 0.15) is 19.3 Å². The zero-order chi connectivity index (χ0) is 11.1. The Labute approximate surface area is 90.7 Å². The van der Waals surface area contributed by atoms with Crippen LogP contribution in [0.5, 0.6) is 0 Å². The largest absolute Gasteiger partial charge is 0.378 e. The summed E-state index contributed by atoms with van der Waals surface area (Å²) < 4.78 is 5.65. The van der Waals surface area contributed by atoms with Gasteiger partial charge in [-0.05, 0) is 25.8 Å². The Morgan fingerprint density at radius 2 is 2.07 bits per heavy atom. The first kappa shape index (κ1) is 12.4. The molecule has 5 nitrogen and oxygen atoms in total. The van der Waals surface area contributed by atoms with Gasteiger partial charge in [0.05, 0.1) is 12.6 Å². The van der Waals surface area contributed by atoms with Gasteiger partial charge >= 0.3 is 0 Å². The molecule has 1 rings (SSSR count). The van der Waals surface area contributed by atoms with Crippen LogP contribution in [0.2, 0.25) is 0 Å². The smallest absolute Gasteiger partial charge is 0.231 e. The van der Waals surface area contributed by atoms with E-state index in [-0.39, 0.29) is 5.91 Å². The lowest BCUT2D eigenvalue weighted by atomic mass is 10.1. The van der Waals surface area contributed by atoms with Gasteiger partial charge in [-0.15, -0.1) is 0 Å². The van der Waals surface area contributed by atoms with Gasteiger partial charge in [0.25, 0.3) is 0 Å². The number of likely N-dealkylation sites (tertiary alicyclic amines) is 1. The summed E-state index contributed by atoms with van der Waals surface area (Å²) in [5, 5.41) is 0. The van der Waals surface area contributed by atoms with Crippen molar-refractivity contribution in [3.8, 4) is 0 Å². The molecule has 0 bridgehead atoms. The van der Waals surface area contributed by atoms with Crippen LogP contribution in [0, 0.1) is 0 Å². The fraction of sp³-hybridized carbons (Fsp3) is 0.900. The Morgan fingerprint density at radius 3 is 2.60 bits per heavy atom. The lowest BCUT2D eigenvalue weighted by molar-refractivity contribution is -0.119. The number of piperidine rings is 1. The summed E-state index contributed by atoms with van der Waals surface area (Å²) in [5.41, 5.74) is 10.5. The molecule has 0 saturated carbocycles. The van der Waals surface area contributed by atoms with Crippen LogP contribution in [-0.2, 0) is 9.53 Å². The van der Waals surface area contributed by atoms with Crippen LogP contribution in [-0.4, -0.2) is 49.7 Å². The molecule has 1 amide bonds. The second-order valence-corrected chi connectivity index (χ2v) is 3.95. The molecule has 15 heavy (non-hydrogen) atoms. The minimum Gasteiger partial charge on any atom is -0.378 e. The van der Waals surface area contributed by atoms with E-state index in [9.17, 15) is 4.79 Å². The molecule has 0 spiro atoms. The fourth-order valence-electron chi connectivity index (χ4n) is 1.79. The quantitative estimate of drug-likeness (QED) is 0.574. The van der Waals surface area contributed by atoms with Crippen LogP contribution < -0.4 is 11.5 Å². The first-order valence-electron chi connectivity index (χ1n) is 5.54. The highest BCUT2D eigenvalue weighted by molar-refractivity contribution is 5.75. The van der Waals surface area contributed by atoms with Gasteiger partial charge in [0.2, 0.25) is 5.91 Å². The third-order valence-electron chi connectivity index (χ3n) is 2.62. The maximum absolute atomic E-state index is 10.7. The van der Waals surface area contributed by atoms with Crippen LogP contribution in [0.4, 0.5) is 0 Å². The van der Waals surface area contributed by atoms with E-state index < -0.39 is 0 Å². The van der Waals surface area contributed by atoms with Crippen molar-refractivity contribution in [2.75, 3.05) is 32.8 Å². The molecule has 0 unspecified atom stereocenters. The summed E-state index contributed by atoms with van der Waals surface area (Å²) >= 11 is 0. The average Bonchev–Trinajstić information content (AvgIpc) is 2.20. The Morgan fingerprint density at radius 1 is 1.40 bits per heavy atom. The highest BCUT2D eigenvalue weighted by atomic mass is 16.5. The van der Waals surface area contributed by atoms with E-state index in [1.165, 1.54) is 0 Å². The van der Waals surface area contributed by atoms with Crippen molar-refractivity contribution in [3.05, 3.63) is 0 Å². The van der Waals surface area contributed by atoms with Gasteiger partial charge < -0.3 is 16.2 Å². The van der Waals surface area contributed by atoms with Crippen molar-refractivity contribution in [1.82, 2.24) is 4.90 Å². The average molecular weight is 215 g/mol. The van der Waals surface area contributed by atoms with Crippen molar-refractivity contribution in [1.29, 1.82) is 0 Å². The van der Waals surface area contributed by atoms with Gasteiger partial charge in [0.1, 0.15) is 0 Å². The number of nitrogens with two attached hydrogens (primary N) is 2. The molecule has 1 aliphatic heterocycles. The minimum atomic E-state index is -0.252. The number of ether oxygens (including phenoxy) is 1. The summed E-state index contributed by atoms with van der Waals surface area (Å²) in [5.74, 6) is -0.252. The maximum Gasteiger partial charge on any atom is 0.231 e. The van der Waals surface area contributed by atoms with E-state index in [1.807, 2.05) is 0 Å². The highest BCUT2D eigenvalue weighted by Crippen LogP contribution is 2.13. The van der Waals surface area contributed by atoms with Crippen molar-refractivity contribution in [3.63, 3.8) is 0 Å². The Bertz CT molecular complexity index is 191. The first-order valence-corrected chi connectivity index (χ1v) is 5.54. The first-order chi connectivity index (χ1) is 7.22. The van der Waals surface area contributed by atoms with Crippen molar-refractivity contribution in [2.24, 2.45) is 11.5 Å². The third kappa shape index (κ3) is 5.11. The molecule has 0 aromatic heterocycles. The van der Waals surface area contributed by atoms with E-state index in [4.69, 9.17) is 16.2 Å². The summed E-state index contributed by atoms with van der Waals surface area (Å²) in [6, 6.07) is 0. The Hall–Kier alpha value is -0.650. The standard InChI is InChI=1S/C10H21N3O2/c11-4-1-7-15-9-2-5-13(6-3-9)8-10(12)14/h9H,1-8,11H2,(H2,12,14). The van der Waals surface area contributed by atoms with Crippen molar-refractivity contribution < 1.29 is 9.53 Å². The molecule has 1 heterocycles. The monoisotopic (exact) mass is 215 g/mol. The number of hydrogen-bond donors (Lipinski definition) is 2. The van der Waals surface area contributed by atoms with Crippen molar-refractivity contribution in [2.45, 2.75) is 25.4 Å². The number of primary amides is 1. The van der Waals surface area contributed by atoms with Gasteiger partial charge in [0, 0.05) is 19.7 Å². The highest BCUT2D eigenvalue weighted by Gasteiger charge is 2.20. The third-order valence-corrected chi connectivity index (χ3v) is 2.62. The van der Waals surface area contributed by atoms with Crippen LogP contribution in [0.15, 0.2) is 0 Å². The number of amides is 1. The normalized spacial score (nSPS) is 19.3. The second-order valence-electron chi connectivity index (χ2n) is 3.95. The fourth-order valence-corrected chi connectivity index (χ4v) is 1.79. The molecule has 0 radical (unpaired) electrons. The van der Waals surface area contributed by atoms with E-state index in [1.54, 1.807) is 0 Å². The molecule has 0 aromatic carbocycles. The minimum absolute atomic E-state index is 0.252. The molecule has 88 valence electrons. The van der Waals surface area contributed by atoms with E-state index in [2.05, 4.69) is 4.90 Å². The number of hydrogen-bond acceptors (Lipinski definition) is 4. The molecular formula is C10H21N3O2. The number of nitrogens with zero attached hydrogens (tertiary/aromatic N) is 1. The molecule has 0 aliphatic carbocycles. The van der Waals surface area contributed by atoms with E-state index in [0.29, 0.717) is 19.2 Å². The summed E-state index contributed by atoms with van der Waals surface area (Å²) in [6.07, 6.45) is 3.22. The molecule has 1 aliphatic rings. The Balaban J connectivity index is 2.10. The summed E-state index contributed by atoms with van der Waals surface area (Å²) in [6.45, 7) is 3.60. The van der Waals surface area contributed by atoms with Gasteiger partial charge in [-0.1, -0.05) is 0 Å². The lowest BCUT2D eigenvalue weighted by Crippen LogP contribution is -2.41. The molecule has 4 N–H and O–H groups in total. The maximum atomic E-state index is 10.7. The number of carbonyl (C=O) groups is 1. The zero-order valence-corrected chi connectivity index (χ0v) is 9.15. The molecular weight excluding hydrogens is 194 g/mol. The SMILES string of the molecule is NCCCOC1CCN(CC(N)=O)CC1. The Kier molecular flexibility index (Phi) is 5.60. The zero-order valence-electron chi connectivity index (χ0n) is 9.15. The predicted molar refractivity (Wildman–Crippen MR) is 58.3 cm³/mol. The van der Waals surface area contributed by atoms with Crippen LogP contribution >= 0.6 is 0 Å². The molecule has 1 fully saturated rings. The topological polar surface area (TPSA) is 81.6 Å².